The van der Waals surface area contributed by atoms with E-state index in [9.17, 15) is 18.0 Å². The van der Waals surface area contributed by atoms with Crippen molar-refractivity contribution in [3.05, 3.63) is 47.2 Å². The number of nitrogens with one attached hydrogen (secondary N) is 1. The smallest absolute Gasteiger partial charge is 0.388 e. The van der Waals surface area contributed by atoms with Crippen LogP contribution in [0.2, 0.25) is 0 Å². The summed E-state index contributed by atoms with van der Waals surface area (Å²) in [5.74, 6) is -0.602. The average Bonchev–Trinajstić information content (AvgIpc) is 3.04. The lowest BCUT2D eigenvalue weighted by atomic mass is 10.1. The van der Waals surface area contributed by atoms with Crippen molar-refractivity contribution in [2.75, 3.05) is 13.2 Å². The summed E-state index contributed by atoms with van der Waals surface area (Å²) in [6.07, 6.45) is 2.69. The number of carbonyl (C=O) groups excluding carboxylic acids is 1. The van der Waals surface area contributed by atoms with Crippen molar-refractivity contribution in [1.29, 1.82) is 0 Å². The van der Waals surface area contributed by atoms with Crippen LogP contribution in [0.15, 0.2) is 24.8 Å². The van der Waals surface area contributed by atoms with E-state index in [1.807, 2.05) is 13.0 Å². The fraction of sp³-hybridized carbons (Fsp3) is 0.333. The van der Waals surface area contributed by atoms with Crippen molar-refractivity contribution in [1.82, 2.24) is 24.8 Å². The zero-order chi connectivity index (χ0) is 20.3. The first-order valence-corrected chi connectivity index (χ1v) is 8.45. The highest BCUT2D eigenvalue weighted by Gasteiger charge is 2.17. The molecule has 2 aromatic heterocycles. The molecule has 0 bridgehead atoms. The Morgan fingerprint density at radius 3 is 2.75 bits per heavy atom. The van der Waals surface area contributed by atoms with Gasteiger partial charge in [-0.1, -0.05) is 0 Å². The molecular weight excluding hydrogens is 375 g/mol. The first-order valence-electron chi connectivity index (χ1n) is 8.45. The molecule has 2 heterocycles. The van der Waals surface area contributed by atoms with E-state index in [4.69, 9.17) is 0 Å². The summed E-state index contributed by atoms with van der Waals surface area (Å²) in [6.45, 7) is -0.0869. The molecule has 28 heavy (non-hydrogen) atoms. The van der Waals surface area contributed by atoms with Crippen LogP contribution >= 0.6 is 0 Å². The molecule has 0 atom stereocenters. The second-order valence-electron chi connectivity index (χ2n) is 6.13. The van der Waals surface area contributed by atoms with E-state index in [1.165, 1.54) is 6.33 Å². The van der Waals surface area contributed by atoms with E-state index < -0.39 is 19.2 Å². The van der Waals surface area contributed by atoms with Gasteiger partial charge in [0, 0.05) is 12.1 Å². The van der Waals surface area contributed by atoms with Crippen LogP contribution in [0.4, 0.5) is 13.2 Å². The molecule has 0 spiro atoms. The largest absolute Gasteiger partial charge is 0.417 e. The van der Waals surface area contributed by atoms with Crippen LogP contribution in [-0.4, -0.2) is 45.3 Å². The van der Waals surface area contributed by atoms with Crippen LogP contribution in [0.5, 0.6) is 5.88 Å². The van der Waals surface area contributed by atoms with Crippen molar-refractivity contribution in [3.8, 4) is 5.88 Å². The Morgan fingerprint density at radius 2 is 2.04 bits per heavy atom. The third kappa shape index (κ3) is 4.05. The fourth-order valence-electron chi connectivity index (χ4n) is 2.85. The molecule has 1 N–H and O–H groups in total. The number of fused-ring (bicyclic) bond motifs is 1. The predicted molar refractivity (Wildman–Crippen MR) is 95.3 cm³/mol. The first-order chi connectivity index (χ1) is 13.4. The van der Waals surface area contributed by atoms with E-state index in [1.54, 1.807) is 17.6 Å². The summed E-state index contributed by atoms with van der Waals surface area (Å²) in [4.78, 5) is 24.5. The van der Waals surface area contributed by atoms with Crippen molar-refractivity contribution in [2.24, 2.45) is 0 Å². The van der Waals surface area contributed by atoms with Gasteiger partial charge in [0.25, 0.3) is 5.91 Å². The summed E-state index contributed by atoms with van der Waals surface area (Å²) in [5, 5.41) is 2.49. The lowest BCUT2D eigenvalue weighted by Crippen LogP contribution is -2.25. The van der Waals surface area contributed by atoms with E-state index in [2.05, 4.69) is 25.0 Å². The third-order valence-electron chi connectivity index (χ3n) is 4.16. The van der Waals surface area contributed by atoms with Crippen LogP contribution < -0.4 is 10.1 Å². The van der Waals surface area contributed by atoms with E-state index >= 15 is 0 Å². The van der Waals surface area contributed by atoms with E-state index in [0.29, 0.717) is 27.9 Å². The SMILES string of the molecule is Cc1cc(C(=O)NCCF)c2ncn(Cc3ncnc(OC(F)F)c3C)c2c1. The number of benzene rings is 1. The van der Waals surface area contributed by atoms with Crippen molar-refractivity contribution >= 4 is 16.9 Å². The van der Waals surface area contributed by atoms with Gasteiger partial charge in [-0.2, -0.15) is 8.78 Å². The fourth-order valence-corrected chi connectivity index (χ4v) is 2.85. The quantitative estimate of drug-likeness (QED) is 0.668. The molecule has 0 fully saturated rings. The second-order valence-corrected chi connectivity index (χ2v) is 6.13. The van der Waals surface area contributed by atoms with Crippen LogP contribution in [0.3, 0.4) is 0 Å². The van der Waals surface area contributed by atoms with Crippen LogP contribution in [0, 0.1) is 13.8 Å². The van der Waals surface area contributed by atoms with Crippen molar-refractivity contribution < 1.29 is 22.7 Å². The third-order valence-corrected chi connectivity index (χ3v) is 4.16. The maximum atomic E-state index is 12.5. The molecule has 0 unspecified atom stereocenters. The Kier molecular flexibility index (Phi) is 5.76. The zero-order valence-corrected chi connectivity index (χ0v) is 15.2. The molecule has 0 aliphatic carbocycles. The monoisotopic (exact) mass is 393 g/mol. The van der Waals surface area contributed by atoms with Gasteiger partial charge >= 0.3 is 6.61 Å². The number of imidazole rings is 1. The number of carbonyl (C=O) groups is 1. The van der Waals surface area contributed by atoms with E-state index in [0.717, 1.165) is 11.9 Å². The zero-order valence-electron chi connectivity index (χ0n) is 15.2. The number of alkyl halides is 3. The topological polar surface area (TPSA) is 81.9 Å². The van der Waals surface area contributed by atoms with Gasteiger partial charge in [0.1, 0.15) is 18.5 Å². The maximum absolute atomic E-state index is 12.5. The standard InChI is InChI=1S/C18H18F3N5O2/c1-10-5-12(16(27)22-4-3-19)15-14(6-10)26(9-25-15)7-13-11(2)17(24-8-23-13)28-18(20)21/h5-6,8-9,18H,3-4,7H2,1-2H3,(H,22,27). The minimum Gasteiger partial charge on any atom is -0.417 e. The van der Waals surface area contributed by atoms with Gasteiger partial charge in [0.05, 0.1) is 29.6 Å². The predicted octanol–water partition coefficient (Wildman–Crippen LogP) is 2.79. The number of rotatable bonds is 7. The number of amides is 1. The lowest BCUT2D eigenvalue weighted by Gasteiger charge is -2.11. The number of ether oxygens (including phenoxy) is 1. The van der Waals surface area contributed by atoms with Gasteiger partial charge in [0.15, 0.2) is 0 Å². The van der Waals surface area contributed by atoms with Gasteiger partial charge in [-0.15, -0.1) is 0 Å². The second kappa shape index (κ2) is 8.24. The Bertz CT molecular complexity index is 1010. The number of aromatic nitrogens is 4. The highest BCUT2D eigenvalue weighted by atomic mass is 19.3. The molecular formula is C18H18F3N5O2. The van der Waals surface area contributed by atoms with Gasteiger partial charge < -0.3 is 14.6 Å². The Hall–Kier alpha value is -3.17. The molecule has 10 heteroatoms. The molecule has 0 aliphatic rings. The van der Waals surface area contributed by atoms with E-state index in [-0.39, 0.29) is 19.0 Å². The summed E-state index contributed by atoms with van der Waals surface area (Å²) in [5.41, 5.74) is 3.15. The summed E-state index contributed by atoms with van der Waals surface area (Å²) in [7, 11) is 0. The molecule has 148 valence electrons. The van der Waals surface area contributed by atoms with Gasteiger partial charge in [-0.3, -0.25) is 4.79 Å². The summed E-state index contributed by atoms with van der Waals surface area (Å²) in [6, 6.07) is 3.53. The minimum absolute atomic E-state index is 0.0813. The van der Waals surface area contributed by atoms with Crippen LogP contribution in [-0.2, 0) is 6.54 Å². The number of hydrogen-bond acceptors (Lipinski definition) is 5. The molecule has 7 nitrogen and oxygen atoms in total. The Morgan fingerprint density at radius 1 is 1.25 bits per heavy atom. The maximum Gasteiger partial charge on any atom is 0.388 e. The van der Waals surface area contributed by atoms with Gasteiger partial charge in [-0.25, -0.2) is 19.3 Å². The van der Waals surface area contributed by atoms with Gasteiger partial charge in [-0.05, 0) is 31.5 Å². The molecule has 0 saturated heterocycles. The molecule has 3 aromatic rings. The summed E-state index contributed by atoms with van der Waals surface area (Å²) < 4.78 is 43.5. The molecule has 0 aliphatic heterocycles. The number of nitrogens with zero attached hydrogens (tertiary/aromatic N) is 4. The normalized spacial score (nSPS) is 11.2. The average molecular weight is 393 g/mol. The molecule has 0 saturated carbocycles. The van der Waals surface area contributed by atoms with Crippen LogP contribution in [0.1, 0.15) is 27.2 Å². The van der Waals surface area contributed by atoms with Crippen LogP contribution in [0.25, 0.3) is 11.0 Å². The number of aryl methyl sites for hydroxylation is 1. The number of hydrogen-bond donors (Lipinski definition) is 1. The summed E-state index contributed by atoms with van der Waals surface area (Å²) >= 11 is 0. The van der Waals surface area contributed by atoms with Gasteiger partial charge in [0.2, 0.25) is 5.88 Å². The highest BCUT2D eigenvalue weighted by molar-refractivity contribution is 6.05. The molecule has 1 aromatic carbocycles. The molecule has 1 amide bonds. The molecule has 3 rings (SSSR count). The van der Waals surface area contributed by atoms with Crippen molar-refractivity contribution in [3.63, 3.8) is 0 Å². The Balaban J connectivity index is 1.97. The molecule has 0 radical (unpaired) electrons. The minimum atomic E-state index is -2.98. The Labute approximate surface area is 158 Å². The lowest BCUT2D eigenvalue weighted by molar-refractivity contribution is -0.0534. The van der Waals surface area contributed by atoms with Crippen molar-refractivity contribution in [2.45, 2.75) is 27.0 Å². The number of halogens is 3. The first kappa shape index (κ1) is 19.6. The highest BCUT2D eigenvalue weighted by Crippen LogP contribution is 2.23.